The van der Waals surface area contributed by atoms with Crippen molar-refractivity contribution in [3.05, 3.63) is 47.5 Å². The molecule has 0 saturated carbocycles. The van der Waals surface area contributed by atoms with E-state index >= 15 is 0 Å². The summed E-state index contributed by atoms with van der Waals surface area (Å²) in [6, 6.07) is 11.0. The molecule has 0 saturated heterocycles. The molecule has 0 aromatic heterocycles. The van der Waals surface area contributed by atoms with Crippen molar-refractivity contribution >= 4 is 11.9 Å². The molecule has 4 nitrogen and oxygen atoms in total. The number of esters is 2. The molecule has 4 heteroatoms. The van der Waals surface area contributed by atoms with E-state index in [1.165, 1.54) is 13.8 Å². The van der Waals surface area contributed by atoms with E-state index in [1.54, 1.807) is 12.1 Å². The van der Waals surface area contributed by atoms with Crippen LogP contribution in [0.3, 0.4) is 0 Å². The van der Waals surface area contributed by atoms with Gasteiger partial charge in [0.05, 0.1) is 0 Å². The maximum atomic E-state index is 11.0. The summed E-state index contributed by atoms with van der Waals surface area (Å²) in [5.74, 6) is 0.383. The number of rotatable bonds is 3. The standard InChI is InChI=1S/C18H18O4/c1-11-9-15(21-13(3)19)5-7-17(11)18-8-6-16(10-12(18)2)22-14(4)20/h5-10H,1-4H3. The van der Waals surface area contributed by atoms with Crippen LogP contribution >= 0.6 is 0 Å². The molecule has 0 amide bonds. The van der Waals surface area contributed by atoms with E-state index < -0.39 is 0 Å². The fourth-order valence-corrected chi connectivity index (χ4v) is 2.34. The first-order chi connectivity index (χ1) is 10.4. The van der Waals surface area contributed by atoms with Crippen molar-refractivity contribution in [2.24, 2.45) is 0 Å². The smallest absolute Gasteiger partial charge is 0.308 e. The van der Waals surface area contributed by atoms with E-state index in [4.69, 9.17) is 9.47 Å². The Kier molecular flexibility index (Phi) is 4.61. The highest BCUT2D eigenvalue weighted by Gasteiger charge is 2.09. The van der Waals surface area contributed by atoms with Crippen LogP contribution < -0.4 is 9.47 Å². The Bertz CT molecular complexity index is 668. The van der Waals surface area contributed by atoms with E-state index in [0.29, 0.717) is 11.5 Å². The van der Waals surface area contributed by atoms with Gasteiger partial charge < -0.3 is 9.47 Å². The first-order valence-corrected chi connectivity index (χ1v) is 6.95. The summed E-state index contributed by atoms with van der Waals surface area (Å²) in [7, 11) is 0. The lowest BCUT2D eigenvalue weighted by Crippen LogP contribution is -2.02. The lowest BCUT2D eigenvalue weighted by Gasteiger charge is -2.12. The molecule has 0 heterocycles. The molecular formula is C18H18O4. The Hall–Kier alpha value is -2.62. The lowest BCUT2D eigenvalue weighted by atomic mass is 9.96. The first-order valence-electron chi connectivity index (χ1n) is 6.95. The summed E-state index contributed by atoms with van der Waals surface area (Å²) in [6.07, 6.45) is 0. The van der Waals surface area contributed by atoms with Gasteiger partial charge in [0.1, 0.15) is 11.5 Å². The summed E-state index contributed by atoms with van der Waals surface area (Å²) in [6.45, 7) is 6.67. The maximum Gasteiger partial charge on any atom is 0.308 e. The quantitative estimate of drug-likeness (QED) is 0.638. The van der Waals surface area contributed by atoms with Crippen molar-refractivity contribution in [3.8, 4) is 22.6 Å². The minimum atomic E-state index is -0.339. The van der Waals surface area contributed by atoms with Crippen molar-refractivity contribution in [2.75, 3.05) is 0 Å². The second-order valence-electron chi connectivity index (χ2n) is 5.14. The zero-order valence-electron chi connectivity index (χ0n) is 13.1. The summed E-state index contributed by atoms with van der Waals surface area (Å²) in [5.41, 5.74) is 4.09. The Morgan fingerprint density at radius 2 is 1.09 bits per heavy atom. The maximum absolute atomic E-state index is 11.0. The van der Waals surface area contributed by atoms with E-state index in [1.807, 2.05) is 38.1 Å². The lowest BCUT2D eigenvalue weighted by molar-refractivity contribution is -0.132. The molecule has 0 bridgehead atoms. The molecule has 2 aromatic carbocycles. The minimum Gasteiger partial charge on any atom is -0.427 e. The van der Waals surface area contributed by atoms with Gasteiger partial charge in [0.25, 0.3) is 0 Å². The molecule has 2 aromatic rings. The third-order valence-electron chi connectivity index (χ3n) is 3.21. The number of hydrogen-bond donors (Lipinski definition) is 0. The van der Waals surface area contributed by atoms with Crippen molar-refractivity contribution < 1.29 is 19.1 Å². The predicted octanol–water partition coefficient (Wildman–Crippen LogP) is 3.82. The molecule has 2 rings (SSSR count). The Labute approximate surface area is 129 Å². The second kappa shape index (κ2) is 6.43. The van der Waals surface area contributed by atoms with Gasteiger partial charge in [0, 0.05) is 13.8 Å². The number of hydrogen-bond acceptors (Lipinski definition) is 4. The third kappa shape index (κ3) is 3.73. The highest BCUT2D eigenvalue weighted by molar-refractivity contribution is 5.75. The highest BCUT2D eigenvalue weighted by Crippen LogP contribution is 2.31. The zero-order chi connectivity index (χ0) is 16.3. The van der Waals surface area contributed by atoms with Gasteiger partial charge in [0.15, 0.2) is 0 Å². The average Bonchev–Trinajstić information content (AvgIpc) is 2.38. The van der Waals surface area contributed by atoms with Gasteiger partial charge in [-0.2, -0.15) is 0 Å². The highest BCUT2D eigenvalue weighted by atomic mass is 16.5. The van der Waals surface area contributed by atoms with Gasteiger partial charge in [-0.15, -0.1) is 0 Å². The van der Waals surface area contributed by atoms with Crippen LogP contribution in [-0.2, 0) is 9.59 Å². The Balaban J connectivity index is 2.35. The van der Waals surface area contributed by atoms with Crippen LogP contribution in [-0.4, -0.2) is 11.9 Å². The fourth-order valence-electron chi connectivity index (χ4n) is 2.34. The third-order valence-corrected chi connectivity index (χ3v) is 3.21. The zero-order valence-corrected chi connectivity index (χ0v) is 13.1. The van der Waals surface area contributed by atoms with Crippen LogP contribution in [0.2, 0.25) is 0 Å². The van der Waals surface area contributed by atoms with Crippen molar-refractivity contribution in [1.82, 2.24) is 0 Å². The van der Waals surface area contributed by atoms with Crippen LogP contribution in [0.1, 0.15) is 25.0 Å². The Morgan fingerprint density at radius 3 is 1.36 bits per heavy atom. The molecule has 22 heavy (non-hydrogen) atoms. The van der Waals surface area contributed by atoms with Crippen LogP contribution in [0.5, 0.6) is 11.5 Å². The number of benzene rings is 2. The molecule has 0 unspecified atom stereocenters. The molecule has 0 aliphatic heterocycles. The molecule has 0 aliphatic carbocycles. The van der Waals surface area contributed by atoms with Gasteiger partial charge in [-0.1, -0.05) is 12.1 Å². The number of carbonyl (C=O) groups excluding carboxylic acids is 2. The van der Waals surface area contributed by atoms with E-state index in [2.05, 4.69) is 0 Å². The van der Waals surface area contributed by atoms with Gasteiger partial charge in [-0.3, -0.25) is 9.59 Å². The molecule has 0 aliphatic rings. The molecular weight excluding hydrogens is 280 g/mol. The van der Waals surface area contributed by atoms with Gasteiger partial charge in [-0.25, -0.2) is 0 Å². The van der Waals surface area contributed by atoms with Crippen molar-refractivity contribution in [3.63, 3.8) is 0 Å². The molecule has 0 radical (unpaired) electrons. The monoisotopic (exact) mass is 298 g/mol. The van der Waals surface area contributed by atoms with Gasteiger partial charge >= 0.3 is 11.9 Å². The number of aryl methyl sites for hydroxylation is 2. The molecule has 0 spiro atoms. The van der Waals surface area contributed by atoms with Crippen molar-refractivity contribution in [1.29, 1.82) is 0 Å². The van der Waals surface area contributed by atoms with Gasteiger partial charge in [0.2, 0.25) is 0 Å². The summed E-state index contributed by atoms with van der Waals surface area (Å²) in [4.78, 5) is 22.0. The molecule has 0 N–H and O–H groups in total. The largest absolute Gasteiger partial charge is 0.427 e. The second-order valence-corrected chi connectivity index (χ2v) is 5.14. The van der Waals surface area contributed by atoms with E-state index in [-0.39, 0.29) is 11.9 Å². The first kappa shape index (κ1) is 15.8. The van der Waals surface area contributed by atoms with Crippen LogP contribution in [0, 0.1) is 13.8 Å². The topological polar surface area (TPSA) is 52.6 Å². The van der Waals surface area contributed by atoms with E-state index in [9.17, 15) is 9.59 Å². The van der Waals surface area contributed by atoms with Crippen LogP contribution in [0.4, 0.5) is 0 Å². The normalized spacial score (nSPS) is 10.2. The van der Waals surface area contributed by atoms with Crippen molar-refractivity contribution in [2.45, 2.75) is 27.7 Å². The molecule has 114 valence electrons. The predicted molar refractivity (Wildman–Crippen MR) is 84.0 cm³/mol. The molecule has 0 atom stereocenters. The van der Waals surface area contributed by atoms with E-state index in [0.717, 1.165) is 22.3 Å². The minimum absolute atomic E-state index is 0.339. The van der Waals surface area contributed by atoms with Gasteiger partial charge in [-0.05, 0) is 60.4 Å². The number of carbonyl (C=O) groups is 2. The summed E-state index contributed by atoms with van der Waals surface area (Å²) in [5, 5.41) is 0. The average molecular weight is 298 g/mol. The summed E-state index contributed by atoms with van der Waals surface area (Å²) >= 11 is 0. The Morgan fingerprint density at radius 1 is 0.727 bits per heavy atom. The van der Waals surface area contributed by atoms with Crippen LogP contribution in [0.15, 0.2) is 36.4 Å². The summed E-state index contributed by atoms with van der Waals surface area (Å²) < 4.78 is 10.2. The SMILES string of the molecule is CC(=O)Oc1ccc(-c2ccc(OC(C)=O)cc2C)c(C)c1. The molecule has 0 fully saturated rings. The number of ether oxygens (including phenoxy) is 2. The van der Waals surface area contributed by atoms with Crippen LogP contribution in [0.25, 0.3) is 11.1 Å². The fraction of sp³-hybridized carbons (Fsp3) is 0.222.